The Bertz CT molecular complexity index is 1110. The number of benzene rings is 2. The van der Waals surface area contributed by atoms with Gasteiger partial charge in [-0.15, -0.1) is 0 Å². The second kappa shape index (κ2) is 11.8. The first-order valence-electron chi connectivity index (χ1n) is 11.3. The van der Waals surface area contributed by atoms with Crippen LogP contribution < -0.4 is 20.1 Å². The molecule has 0 bridgehead atoms. The van der Waals surface area contributed by atoms with Crippen LogP contribution >= 0.6 is 0 Å². The van der Waals surface area contributed by atoms with Gasteiger partial charge in [-0.25, -0.2) is 8.42 Å². The van der Waals surface area contributed by atoms with Crippen molar-refractivity contribution >= 4 is 27.5 Å². The molecule has 10 heteroatoms. The second-order valence-electron chi connectivity index (χ2n) is 7.81. The molecule has 3 rings (SSSR count). The maximum absolute atomic E-state index is 13.0. The summed E-state index contributed by atoms with van der Waals surface area (Å²) in [6.45, 7) is 3.23. The van der Waals surface area contributed by atoms with Crippen LogP contribution in [0.2, 0.25) is 0 Å². The van der Waals surface area contributed by atoms with Crippen LogP contribution in [0, 0.1) is 0 Å². The highest BCUT2D eigenvalue weighted by atomic mass is 32.2. The molecule has 2 aromatic rings. The van der Waals surface area contributed by atoms with E-state index in [0.717, 1.165) is 19.3 Å². The molecule has 0 aromatic heterocycles. The topological polar surface area (TPSA) is 114 Å². The Labute approximate surface area is 200 Å². The number of para-hydroxylation sites is 1. The van der Waals surface area contributed by atoms with Crippen LogP contribution in [0.15, 0.2) is 47.4 Å². The van der Waals surface area contributed by atoms with E-state index in [9.17, 15) is 18.0 Å². The molecule has 2 N–H and O–H groups in total. The number of anilines is 1. The largest absolute Gasteiger partial charge is 0.496 e. The van der Waals surface area contributed by atoms with Crippen LogP contribution in [-0.2, 0) is 14.8 Å². The smallest absolute Gasteiger partial charge is 0.255 e. The van der Waals surface area contributed by atoms with Gasteiger partial charge in [-0.05, 0) is 50.1 Å². The summed E-state index contributed by atoms with van der Waals surface area (Å²) in [5.74, 6) is 0.0905. The lowest BCUT2D eigenvalue weighted by Crippen LogP contribution is -2.35. The minimum absolute atomic E-state index is 0.00441. The summed E-state index contributed by atoms with van der Waals surface area (Å²) >= 11 is 0. The molecule has 1 heterocycles. The third-order valence-corrected chi connectivity index (χ3v) is 7.36. The molecule has 0 saturated carbocycles. The fraction of sp³-hybridized carbons (Fsp3) is 0.417. The van der Waals surface area contributed by atoms with Gasteiger partial charge in [0.25, 0.3) is 5.91 Å². The minimum atomic E-state index is -3.66. The van der Waals surface area contributed by atoms with E-state index in [1.165, 1.54) is 23.5 Å². The third-order valence-electron chi connectivity index (χ3n) is 5.47. The van der Waals surface area contributed by atoms with E-state index in [1.807, 2.05) is 0 Å². The summed E-state index contributed by atoms with van der Waals surface area (Å²) < 4.78 is 38.3. The summed E-state index contributed by atoms with van der Waals surface area (Å²) in [5.41, 5.74) is 0.653. The number of hydrogen-bond acceptors (Lipinski definition) is 6. The van der Waals surface area contributed by atoms with Crippen LogP contribution in [0.4, 0.5) is 5.69 Å². The molecule has 1 aliphatic rings. The molecule has 1 fully saturated rings. The lowest BCUT2D eigenvalue weighted by molar-refractivity contribution is -0.116. The summed E-state index contributed by atoms with van der Waals surface area (Å²) in [4.78, 5) is 25.1. The lowest BCUT2D eigenvalue weighted by Gasteiger charge is -2.26. The number of methoxy groups -OCH3 is 1. The highest BCUT2D eigenvalue weighted by Gasteiger charge is 2.27. The average Bonchev–Trinajstić information content (AvgIpc) is 2.85. The van der Waals surface area contributed by atoms with Gasteiger partial charge in [-0.1, -0.05) is 18.6 Å². The van der Waals surface area contributed by atoms with Gasteiger partial charge < -0.3 is 20.1 Å². The number of nitrogens with one attached hydrogen (secondary N) is 2. The van der Waals surface area contributed by atoms with Gasteiger partial charge in [0.05, 0.1) is 29.9 Å². The average molecular weight is 490 g/mol. The fourth-order valence-electron chi connectivity index (χ4n) is 3.73. The van der Waals surface area contributed by atoms with Crippen molar-refractivity contribution < 1.29 is 27.5 Å². The fourth-order valence-corrected chi connectivity index (χ4v) is 5.28. The Kier molecular flexibility index (Phi) is 8.89. The first kappa shape index (κ1) is 25.5. The molecule has 34 heavy (non-hydrogen) atoms. The quantitative estimate of drug-likeness (QED) is 0.530. The van der Waals surface area contributed by atoms with Crippen molar-refractivity contribution in [3.63, 3.8) is 0 Å². The Hall–Kier alpha value is -3.11. The van der Waals surface area contributed by atoms with E-state index in [4.69, 9.17) is 9.47 Å². The zero-order valence-corrected chi connectivity index (χ0v) is 20.3. The molecule has 0 unspecified atom stereocenters. The molecule has 2 aromatic carbocycles. The molecule has 0 aliphatic carbocycles. The van der Waals surface area contributed by atoms with Gasteiger partial charge in [-0.3, -0.25) is 9.59 Å². The standard InChI is InChI=1S/C24H31N3O6S/c1-3-33-22-12-11-18(34(30,31)27-15-7-4-8-16-27)17-20(22)26-23(28)13-14-25-24(29)19-9-5-6-10-21(19)32-2/h5-6,9-12,17H,3-4,7-8,13-16H2,1-2H3,(H,25,29)(H,26,28). The number of hydrogen-bond donors (Lipinski definition) is 2. The third kappa shape index (κ3) is 6.27. The Morgan fingerprint density at radius 3 is 2.47 bits per heavy atom. The van der Waals surface area contributed by atoms with Crippen LogP contribution in [0.1, 0.15) is 43.0 Å². The Morgan fingerprint density at radius 1 is 1.03 bits per heavy atom. The summed E-state index contributed by atoms with van der Waals surface area (Å²) in [7, 11) is -2.18. The molecular formula is C24H31N3O6S. The number of amides is 2. The zero-order chi connectivity index (χ0) is 24.6. The molecule has 2 amide bonds. The van der Waals surface area contributed by atoms with Crippen LogP contribution in [0.3, 0.4) is 0 Å². The van der Waals surface area contributed by atoms with E-state index < -0.39 is 10.0 Å². The Morgan fingerprint density at radius 2 is 1.76 bits per heavy atom. The molecule has 1 saturated heterocycles. The van der Waals surface area contributed by atoms with E-state index in [0.29, 0.717) is 36.8 Å². The number of sulfonamides is 1. The number of piperidine rings is 1. The number of carbonyl (C=O) groups is 2. The molecule has 184 valence electrons. The minimum Gasteiger partial charge on any atom is -0.496 e. The highest BCUT2D eigenvalue weighted by molar-refractivity contribution is 7.89. The molecule has 0 atom stereocenters. The van der Waals surface area contributed by atoms with Crippen LogP contribution in [-0.4, -0.2) is 57.9 Å². The van der Waals surface area contributed by atoms with Gasteiger partial charge >= 0.3 is 0 Å². The normalized spacial score (nSPS) is 14.3. The number of carbonyl (C=O) groups excluding carboxylic acids is 2. The lowest BCUT2D eigenvalue weighted by atomic mass is 10.2. The van der Waals surface area contributed by atoms with Gasteiger partial charge in [0.15, 0.2) is 0 Å². The molecular weight excluding hydrogens is 458 g/mol. The summed E-state index contributed by atoms with van der Waals surface area (Å²) in [6, 6.07) is 11.3. The summed E-state index contributed by atoms with van der Waals surface area (Å²) in [5, 5.41) is 5.42. The molecule has 0 spiro atoms. The maximum atomic E-state index is 13.0. The van der Waals surface area contributed by atoms with Crippen LogP contribution in [0.5, 0.6) is 11.5 Å². The molecule has 0 radical (unpaired) electrons. The van der Waals surface area contributed by atoms with Gasteiger partial charge in [-0.2, -0.15) is 4.31 Å². The first-order valence-corrected chi connectivity index (χ1v) is 12.8. The van der Waals surface area contributed by atoms with Crippen molar-refractivity contribution in [3.05, 3.63) is 48.0 Å². The van der Waals surface area contributed by atoms with Crippen molar-refractivity contribution in [1.82, 2.24) is 9.62 Å². The summed E-state index contributed by atoms with van der Waals surface area (Å²) in [6.07, 6.45) is 2.68. The van der Waals surface area contributed by atoms with Crippen molar-refractivity contribution in [2.75, 3.05) is 38.7 Å². The maximum Gasteiger partial charge on any atom is 0.255 e. The van der Waals surface area contributed by atoms with E-state index in [1.54, 1.807) is 37.3 Å². The van der Waals surface area contributed by atoms with Crippen molar-refractivity contribution in [1.29, 1.82) is 0 Å². The van der Waals surface area contributed by atoms with Crippen molar-refractivity contribution in [2.24, 2.45) is 0 Å². The Balaban J connectivity index is 1.66. The number of rotatable bonds is 10. The van der Waals surface area contributed by atoms with E-state index >= 15 is 0 Å². The zero-order valence-electron chi connectivity index (χ0n) is 19.5. The predicted octanol–water partition coefficient (Wildman–Crippen LogP) is 3.03. The van der Waals surface area contributed by atoms with Crippen molar-refractivity contribution in [2.45, 2.75) is 37.5 Å². The first-order chi connectivity index (χ1) is 16.4. The molecule has 1 aliphatic heterocycles. The predicted molar refractivity (Wildman–Crippen MR) is 129 cm³/mol. The van der Waals surface area contributed by atoms with Gasteiger partial charge in [0, 0.05) is 26.1 Å². The van der Waals surface area contributed by atoms with Gasteiger partial charge in [0.1, 0.15) is 11.5 Å². The highest BCUT2D eigenvalue weighted by Crippen LogP contribution is 2.30. The number of ether oxygens (including phenoxy) is 2. The second-order valence-corrected chi connectivity index (χ2v) is 9.75. The van der Waals surface area contributed by atoms with E-state index in [2.05, 4.69) is 10.6 Å². The van der Waals surface area contributed by atoms with Crippen molar-refractivity contribution in [3.8, 4) is 11.5 Å². The SMILES string of the molecule is CCOc1ccc(S(=O)(=O)N2CCCCC2)cc1NC(=O)CCNC(=O)c1ccccc1OC. The van der Waals surface area contributed by atoms with E-state index in [-0.39, 0.29) is 35.4 Å². The molecule has 9 nitrogen and oxygen atoms in total. The van der Waals surface area contributed by atoms with Gasteiger partial charge in [0.2, 0.25) is 15.9 Å². The number of nitrogens with zero attached hydrogens (tertiary/aromatic N) is 1. The van der Waals surface area contributed by atoms with Crippen LogP contribution in [0.25, 0.3) is 0 Å². The monoisotopic (exact) mass is 489 g/mol.